The monoisotopic (exact) mass is 346 g/mol. The Morgan fingerprint density at radius 2 is 2.08 bits per heavy atom. The van der Waals surface area contributed by atoms with E-state index in [1.54, 1.807) is 0 Å². The standard InChI is InChI=1S/C16H15FN4O2S/c17-10-3-5-11(6-4-10)21-14(15(18)22)8-13(20-21)16(23)19-9-12-2-1-7-24-12/h1-7,14H,8-9H2,(H2,18,22)(H,19,23)/t14-/m0/s1. The van der Waals surface area contributed by atoms with Crippen molar-refractivity contribution in [3.05, 3.63) is 52.5 Å². The lowest BCUT2D eigenvalue weighted by molar-refractivity contribution is -0.119. The maximum Gasteiger partial charge on any atom is 0.267 e. The van der Waals surface area contributed by atoms with Crippen LogP contribution in [0.1, 0.15) is 11.3 Å². The lowest BCUT2D eigenvalue weighted by Crippen LogP contribution is -2.39. The Bertz CT molecular complexity index is 774. The molecule has 1 aromatic carbocycles. The predicted molar refractivity (Wildman–Crippen MR) is 90.1 cm³/mol. The van der Waals surface area contributed by atoms with E-state index >= 15 is 0 Å². The third-order valence-corrected chi connectivity index (χ3v) is 4.47. The van der Waals surface area contributed by atoms with Crippen molar-refractivity contribution in [3.63, 3.8) is 0 Å². The van der Waals surface area contributed by atoms with Gasteiger partial charge in [0.25, 0.3) is 5.91 Å². The summed E-state index contributed by atoms with van der Waals surface area (Å²) in [5.74, 6) is -1.34. The maximum absolute atomic E-state index is 13.1. The van der Waals surface area contributed by atoms with Gasteiger partial charge in [0, 0.05) is 11.3 Å². The molecule has 2 aromatic rings. The van der Waals surface area contributed by atoms with Gasteiger partial charge in [0.05, 0.1) is 12.2 Å². The van der Waals surface area contributed by atoms with Gasteiger partial charge in [-0.3, -0.25) is 14.6 Å². The second kappa shape index (κ2) is 6.79. The fourth-order valence-corrected chi connectivity index (χ4v) is 3.03. The van der Waals surface area contributed by atoms with Crippen molar-refractivity contribution in [1.82, 2.24) is 5.32 Å². The summed E-state index contributed by atoms with van der Waals surface area (Å²) in [7, 11) is 0. The molecule has 1 aliphatic heterocycles. The summed E-state index contributed by atoms with van der Waals surface area (Å²) in [6, 6.07) is 8.55. The van der Waals surface area contributed by atoms with Crippen LogP contribution < -0.4 is 16.1 Å². The van der Waals surface area contributed by atoms with Crippen molar-refractivity contribution in [1.29, 1.82) is 0 Å². The number of nitrogens with two attached hydrogens (primary N) is 1. The number of thiophene rings is 1. The first-order valence-corrected chi connectivity index (χ1v) is 8.15. The number of benzene rings is 1. The number of carbonyl (C=O) groups excluding carboxylic acids is 2. The third-order valence-electron chi connectivity index (χ3n) is 3.60. The molecule has 24 heavy (non-hydrogen) atoms. The van der Waals surface area contributed by atoms with Gasteiger partial charge in [-0.05, 0) is 35.7 Å². The topological polar surface area (TPSA) is 87.8 Å². The largest absolute Gasteiger partial charge is 0.368 e. The molecule has 1 atom stereocenters. The molecule has 0 unspecified atom stereocenters. The van der Waals surface area contributed by atoms with E-state index in [0.29, 0.717) is 12.2 Å². The summed E-state index contributed by atoms with van der Waals surface area (Å²) >= 11 is 1.54. The molecule has 0 radical (unpaired) electrons. The maximum atomic E-state index is 13.1. The Labute approximate surface area is 141 Å². The minimum atomic E-state index is -0.766. The van der Waals surface area contributed by atoms with Crippen LogP contribution >= 0.6 is 11.3 Å². The zero-order valence-corrected chi connectivity index (χ0v) is 13.4. The van der Waals surface area contributed by atoms with Crippen LogP contribution in [0.2, 0.25) is 0 Å². The normalized spacial score (nSPS) is 16.8. The number of rotatable bonds is 5. The molecule has 0 saturated carbocycles. The lowest BCUT2D eigenvalue weighted by atomic mass is 10.1. The first kappa shape index (κ1) is 16.1. The summed E-state index contributed by atoms with van der Waals surface area (Å²) in [6.07, 6.45) is 0.114. The van der Waals surface area contributed by atoms with Gasteiger partial charge in [-0.25, -0.2) is 4.39 Å². The van der Waals surface area contributed by atoms with Crippen molar-refractivity contribution in [2.75, 3.05) is 5.01 Å². The summed E-state index contributed by atoms with van der Waals surface area (Å²) in [6.45, 7) is 0.396. The Morgan fingerprint density at radius 1 is 1.33 bits per heavy atom. The van der Waals surface area contributed by atoms with Gasteiger partial charge in [0.15, 0.2) is 0 Å². The molecule has 0 saturated heterocycles. The quantitative estimate of drug-likeness (QED) is 0.862. The van der Waals surface area contributed by atoms with Gasteiger partial charge in [-0.1, -0.05) is 6.07 Å². The lowest BCUT2D eigenvalue weighted by Gasteiger charge is -2.20. The van der Waals surface area contributed by atoms with Crippen molar-refractivity contribution in [2.24, 2.45) is 10.8 Å². The average Bonchev–Trinajstić information content (AvgIpc) is 3.23. The highest BCUT2D eigenvalue weighted by Crippen LogP contribution is 2.25. The summed E-state index contributed by atoms with van der Waals surface area (Å²) < 4.78 is 13.1. The number of amides is 2. The van der Waals surface area contributed by atoms with Gasteiger partial charge in [-0.2, -0.15) is 5.10 Å². The van der Waals surface area contributed by atoms with E-state index in [1.807, 2.05) is 17.5 Å². The molecule has 0 fully saturated rings. The molecule has 6 nitrogen and oxygen atoms in total. The number of nitrogens with one attached hydrogen (secondary N) is 1. The van der Waals surface area contributed by atoms with E-state index in [1.165, 1.54) is 40.6 Å². The van der Waals surface area contributed by atoms with Crippen LogP contribution in [0.25, 0.3) is 0 Å². The molecular formula is C16H15FN4O2S. The second-order valence-corrected chi connectivity index (χ2v) is 6.28. The second-order valence-electron chi connectivity index (χ2n) is 5.25. The zero-order chi connectivity index (χ0) is 17.1. The Morgan fingerprint density at radius 3 is 2.71 bits per heavy atom. The van der Waals surface area contributed by atoms with E-state index in [2.05, 4.69) is 10.4 Å². The van der Waals surface area contributed by atoms with Crippen LogP contribution in [0.15, 0.2) is 46.9 Å². The van der Waals surface area contributed by atoms with E-state index in [4.69, 9.17) is 5.73 Å². The molecule has 0 aliphatic carbocycles. The summed E-state index contributed by atoms with van der Waals surface area (Å²) in [5.41, 5.74) is 6.13. The fraction of sp³-hybridized carbons (Fsp3) is 0.188. The van der Waals surface area contributed by atoms with Crippen LogP contribution in [-0.2, 0) is 16.1 Å². The predicted octanol–water partition coefficient (Wildman–Crippen LogP) is 1.62. The Kier molecular flexibility index (Phi) is 4.57. The van der Waals surface area contributed by atoms with Crippen LogP contribution in [0, 0.1) is 5.82 Å². The molecule has 0 spiro atoms. The van der Waals surface area contributed by atoms with Gasteiger partial charge in [0.2, 0.25) is 5.91 Å². The Hall–Kier alpha value is -2.74. The van der Waals surface area contributed by atoms with Gasteiger partial charge >= 0.3 is 0 Å². The first-order valence-electron chi connectivity index (χ1n) is 7.27. The number of hydrazone groups is 1. The molecule has 0 bridgehead atoms. The minimum Gasteiger partial charge on any atom is -0.368 e. The molecule has 1 aromatic heterocycles. The van der Waals surface area contributed by atoms with E-state index in [9.17, 15) is 14.0 Å². The summed E-state index contributed by atoms with van der Waals surface area (Å²) in [5, 5.41) is 10.3. The smallest absolute Gasteiger partial charge is 0.267 e. The molecule has 3 rings (SSSR count). The number of primary amides is 1. The van der Waals surface area contributed by atoms with E-state index in [0.717, 1.165) is 4.88 Å². The third kappa shape index (κ3) is 3.43. The first-order chi connectivity index (χ1) is 11.5. The van der Waals surface area contributed by atoms with Crippen LogP contribution in [0.3, 0.4) is 0 Å². The fourth-order valence-electron chi connectivity index (χ4n) is 2.38. The molecular weight excluding hydrogens is 331 g/mol. The summed E-state index contributed by atoms with van der Waals surface area (Å²) in [4.78, 5) is 24.9. The van der Waals surface area contributed by atoms with Gasteiger partial charge < -0.3 is 11.1 Å². The number of hydrogen-bond donors (Lipinski definition) is 2. The molecule has 1 aliphatic rings. The number of anilines is 1. The molecule has 2 amide bonds. The molecule has 124 valence electrons. The minimum absolute atomic E-state index is 0.114. The molecule has 2 heterocycles. The van der Waals surface area contributed by atoms with E-state index in [-0.39, 0.29) is 18.0 Å². The highest BCUT2D eigenvalue weighted by atomic mass is 32.1. The van der Waals surface area contributed by atoms with Crippen LogP contribution in [-0.4, -0.2) is 23.6 Å². The Balaban J connectivity index is 1.75. The van der Waals surface area contributed by atoms with E-state index < -0.39 is 17.8 Å². The van der Waals surface area contributed by atoms with Crippen molar-refractivity contribution in [3.8, 4) is 0 Å². The van der Waals surface area contributed by atoms with Gasteiger partial charge in [-0.15, -0.1) is 11.3 Å². The van der Waals surface area contributed by atoms with Gasteiger partial charge in [0.1, 0.15) is 17.6 Å². The average molecular weight is 346 g/mol. The highest BCUT2D eigenvalue weighted by molar-refractivity contribution is 7.09. The van der Waals surface area contributed by atoms with Crippen molar-refractivity contribution in [2.45, 2.75) is 19.0 Å². The zero-order valence-electron chi connectivity index (χ0n) is 12.6. The van der Waals surface area contributed by atoms with Crippen molar-refractivity contribution >= 4 is 34.6 Å². The molecule has 3 N–H and O–H groups in total. The van der Waals surface area contributed by atoms with Crippen LogP contribution in [0.5, 0.6) is 0 Å². The SMILES string of the molecule is NC(=O)[C@@H]1CC(C(=O)NCc2cccs2)=NN1c1ccc(F)cc1. The van der Waals surface area contributed by atoms with Crippen molar-refractivity contribution < 1.29 is 14.0 Å². The number of halogens is 1. The molecule has 8 heteroatoms. The highest BCUT2D eigenvalue weighted by Gasteiger charge is 2.34. The number of hydrogen-bond acceptors (Lipinski definition) is 5. The number of nitrogens with zero attached hydrogens (tertiary/aromatic N) is 2. The number of carbonyl (C=O) groups is 2. The van der Waals surface area contributed by atoms with Crippen LogP contribution in [0.4, 0.5) is 10.1 Å².